The zero-order chi connectivity index (χ0) is 25.6. The summed E-state index contributed by atoms with van der Waals surface area (Å²) < 4.78 is 5.83. The number of phenols is 1. The van der Waals surface area contributed by atoms with Crippen molar-refractivity contribution in [2.24, 2.45) is 0 Å². The van der Waals surface area contributed by atoms with E-state index in [1.54, 1.807) is 18.2 Å². The number of hydrogen-bond donors (Lipinski definition) is 3. The van der Waals surface area contributed by atoms with Crippen molar-refractivity contribution in [1.29, 1.82) is 0 Å². The van der Waals surface area contributed by atoms with Crippen LogP contribution in [0.25, 0.3) is 0 Å². The molecule has 5 heteroatoms. The van der Waals surface area contributed by atoms with E-state index in [4.69, 9.17) is 4.52 Å². The average Bonchev–Trinajstić information content (AvgIpc) is 2.82. The van der Waals surface area contributed by atoms with Gasteiger partial charge in [-0.2, -0.15) is 9.79 Å². The van der Waals surface area contributed by atoms with Crippen LogP contribution in [0.1, 0.15) is 115 Å². The maximum Gasteiger partial charge on any atom is 0.451 e. The van der Waals surface area contributed by atoms with E-state index in [9.17, 15) is 14.9 Å². The fraction of sp³-hybridized carbons (Fsp3) is 0.600. The summed E-state index contributed by atoms with van der Waals surface area (Å²) in [7, 11) is -3.51. The second-order valence-corrected chi connectivity index (χ2v) is 12.3. The monoisotopic (exact) mass is 503 g/mol. The summed E-state index contributed by atoms with van der Waals surface area (Å²) in [5.74, 6) is 0.683. The molecule has 0 bridgehead atoms. The molecule has 35 heavy (non-hydrogen) atoms. The molecular formula is C30H48O4P+. The number of unbranched alkanes of at least 4 members (excludes halogenated alkanes) is 12. The van der Waals surface area contributed by atoms with Crippen LogP contribution in [0.3, 0.4) is 0 Å². The largest absolute Gasteiger partial charge is 0.508 e. The lowest BCUT2D eigenvalue weighted by molar-refractivity contribution is 0.333. The van der Waals surface area contributed by atoms with Crippen molar-refractivity contribution in [3.63, 3.8) is 0 Å². The Hall–Kier alpha value is -1.61. The van der Waals surface area contributed by atoms with E-state index < -0.39 is 13.4 Å². The molecule has 3 N–H and O–H groups in total. The Labute approximate surface area is 214 Å². The van der Waals surface area contributed by atoms with E-state index in [2.05, 4.69) is 6.92 Å². The predicted octanol–water partition coefficient (Wildman–Crippen LogP) is 8.94. The quantitative estimate of drug-likeness (QED) is 0.140. The molecule has 0 aliphatic heterocycles. The summed E-state index contributed by atoms with van der Waals surface area (Å²) in [4.78, 5) is 21.3. The maximum atomic E-state index is 10.7. The molecule has 0 amide bonds. The van der Waals surface area contributed by atoms with Crippen molar-refractivity contribution in [3.8, 4) is 11.5 Å². The summed E-state index contributed by atoms with van der Waals surface area (Å²) in [6.07, 6.45) is 16.5. The molecule has 2 aromatic carbocycles. The second-order valence-electron chi connectivity index (χ2n) is 10.4. The molecular weight excluding hydrogens is 455 g/mol. The van der Waals surface area contributed by atoms with Crippen molar-refractivity contribution in [3.05, 3.63) is 59.7 Å². The maximum absolute atomic E-state index is 10.7. The van der Waals surface area contributed by atoms with Gasteiger partial charge < -0.3 is 5.11 Å². The number of benzene rings is 2. The van der Waals surface area contributed by atoms with Gasteiger partial charge in [-0.3, -0.25) is 4.52 Å². The van der Waals surface area contributed by atoms with Gasteiger partial charge in [0.2, 0.25) is 0 Å². The summed E-state index contributed by atoms with van der Waals surface area (Å²) in [5, 5.41) is 10.4. The second kappa shape index (κ2) is 15.5. The predicted molar refractivity (Wildman–Crippen MR) is 149 cm³/mol. The Kier molecular flexibility index (Phi) is 13.1. The summed E-state index contributed by atoms with van der Waals surface area (Å²) >= 11 is 0. The minimum Gasteiger partial charge on any atom is -0.508 e. The SMILES string of the molecule is CCCCCCCCCCCCCCC[P+](O)(O)Oc1ccccc1C(C)(C)c1ccccc1O. The first-order valence-electron chi connectivity index (χ1n) is 13.7. The third kappa shape index (κ3) is 10.5. The average molecular weight is 504 g/mol. The van der Waals surface area contributed by atoms with Crippen LogP contribution in [-0.4, -0.2) is 21.1 Å². The van der Waals surface area contributed by atoms with Crippen molar-refractivity contribution in [1.82, 2.24) is 0 Å². The molecule has 0 unspecified atom stereocenters. The lowest BCUT2D eigenvalue weighted by atomic mass is 9.77. The van der Waals surface area contributed by atoms with E-state index in [1.807, 2.05) is 44.2 Å². The fourth-order valence-electron chi connectivity index (χ4n) is 4.75. The minimum atomic E-state index is -3.51. The van der Waals surface area contributed by atoms with Gasteiger partial charge in [0.25, 0.3) is 0 Å². The van der Waals surface area contributed by atoms with Crippen molar-refractivity contribution < 1.29 is 19.4 Å². The molecule has 0 aromatic heterocycles. The molecule has 0 saturated heterocycles. The molecule has 0 radical (unpaired) electrons. The van der Waals surface area contributed by atoms with Crippen molar-refractivity contribution in [2.75, 3.05) is 6.16 Å². The Morgan fingerprint density at radius 2 is 1.11 bits per heavy atom. The molecule has 0 fully saturated rings. The lowest BCUT2D eigenvalue weighted by Gasteiger charge is -2.28. The van der Waals surface area contributed by atoms with E-state index in [1.165, 1.54) is 64.2 Å². The van der Waals surface area contributed by atoms with Crippen LogP contribution in [0.15, 0.2) is 48.5 Å². The first-order valence-corrected chi connectivity index (χ1v) is 15.5. The molecule has 2 aromatic rings. The summed E-state index contributed by atoms with van der Waals surface area (Å²) in [5.41, 5.74) is 1.03. The standard InChI is InChI=1S/C30H47O4P/c1-4-5-6-7-8-9-10-11-12-13-14-15-20-25-35(32,33)34-29-24-19-17-22-27(29)30(2,3)26-21-16-18-23-28(26)31/h16-19,21-24,32-33H,4-15,20,25H2,1-3H3/p+1. The van der Waals surface area contributed by atoms with Crippen molar-refractivity contribution >= 4 is 7.94 Å². The topological polar surface area (TPSA) is 69.9 Å². The fourth-order valence-corrected chi connectivity index (χ4v) is 5.95. The van der Waals surface area contributed by atoms with Gasteiger partial charge in [0.1, 0.15) is 11.9 Å². The van der Waals surface area contributed by atoms with Crippen LogP contribution in [0, 0.1) is 0 Å². The molecule has 4 nitrogen and oxygen atoms in total. The number of para-hydroxylation sites is 2. The summed E-state index contributed by atoms with van der Waals surface area (Å²) in [6.45, 7) is 6.27. The number of rotatable bonds is 18. The zero-order valence-corrected chi connectivity index (χ0v) is 23.1. The Morgan fingerprint density at radius 3 is 1.66 bits per heavy atom. The molecule has 0 atom stereocenters. The molecule has 0 aliphatic carbocycles. The Morgan fingerprint density at radius 1 is 0.657 bits per heavy atom. The van der Waals surface area contributed by atoms with Gasteiger partial charge in [-0.15, -0.1) is 0 Å². The van der Waals surface area contributed by atoms with E-state index in [0.29, 0.717) is 5.75 Å². The minimum absolute atomic E-state index is 0.216. The van der Waals surface area contributed by atoms with Gasteiger partial charge in [-0.25, -0.2) is 0 Å². The zero-order valence-electron chi connectivity index (χ0n) is 22.2. The highest BCUT2D eigenvalue weighted by Crippen LogP contribution is 2.54. The Balaban J connectivity index is 1.74. The number of phenolic OH excluding ortho intramolecular Hbond substituents is 1. The van der Waals surface area contributed by atoms with Gasteiger partial charge in [0.05, 0.1) is 0 Å². The van der Waals surface area contributed by atoms with Crippen molar-refractivity contribution in [2.45, 2.75) is 110 Å². The number of aromatic hydroxyl groups is 1. The van der Waals surface area contributed by atoms with E-state index in [-0.39, 0.29) is 11.9 Å². The van der Waals surface area contributed by atoms with Gasteiger partial charge in [0.15, 0.2) is 5.75 Å². The molecule has 0 heterocycles. The normalized spacial score (nSPS) is 12.1. The third-order valence-electron chi connectivity index (χ3n) is 6.94. The highest BCUT2D eigenvalue weighted by Gasteiger charge is 2.39. The third-order valence-corrected chi connectivity index (χ3v) is 8.32. The van der Waals surface area contributed by atoms with Crippen LogP contribution >= 0.6 is 7.94 Å². The molecule has 0 aliphatic rings. The molecule has 2 rings (SSSR count). The molecule has 0 saturated carbocycles. The van der Waals surface area contributed by atoms with Crippen LogP contribution in [0.2, 0.25) is 0 Å². The van der Waals surface area contributed by atoms with E-state index >= 15 is 0 Å². The van der Waals surface area contributed by atoms with Crippen LogP contribution < -0.4 is 4.52 Å². The highest BCUT2D eigenvalue weighted by molar-refractivity contribution is 7.60. The lowest BCUT2D eigenvalue weighted by Crippen LogP contribution is -2.20. The van der Waals surface area contributed by atoms with Crippen LogP contribution in [-0.2, 0) is 5.41 Å². The Bertz CT molecular complexity index is 850. The summed E-state index contributed by atoms with van der Waals surface area (Å²) in [6, 6.07) is 14.7. The van der Waals surface area contributed by atoms with Gasteiger partial charge in [-0.1, -0.05) is 128 Å². The van der Waals surface area contributed by atoms with Gasteiger partial charge in [0, 0.05) is 16.5 Å². The highest BCUT2D eigenvalue weighted by atomic mass is 31.2. The molecule has 196 valence electrons. The number of hydrogen-bond acceptors (Lipinski definition) is 4. The van der Waals surface area contributed by atoms with E-state index in [0.717, 1.165) is 30.4 Å². The van der Waals surface area contributed by atoms with Gasteiger partial charge >= 0.3 is 7.94 Å². The first kappa shape index (κ1) is 29.6. The smallest absolute Gasteiger partial charge is 0.451 e. The first-order chi connectivity index (χ1) is 16.8. The van der Waals surface area contributed by atoms with Crippen LogP contribution in [0.5, 0.6) is 11.5 Å². The van der Waals surface area contributed by atoms with Crippen LogP contribution in [0.4, 0.5) is 0 Å². The molecule has 0 spiro atoms. The van der Waals surface area contributed by atoms with Gasteiger partial charge in [-0.05, 0) is 25.0 Å².